The zero-order chi connectivity index (χ0) is 45.4. The molecule has 0 unspecified atom stereocenters. The van der Waals surface area contributed by atoms with Gasteiger partial charge in [-0.05, 0) is 138 Å². The Morgan fingerprint density at radius 1 is 0.841 bits per heavy atom. The standard InChI is InChI=1S/C34H45N7O3.C15H20O4/c1-2-3-20-44-34-38-31(36)29-21-30(42)41(32(29)39-34)23-27-6-4-26(5-7-27)22-40-18-14-25(15-19-40)13-17-37-33(43)28-10-8-24(9-11-28)12-16-35;1-15(2,3)19-13(16)6-4-5-11-7-9-12(10-8-11)14(17)18/h4-11,25H,2-3,12-23,35H2,1H3,(H,37,43)(H2,36,38,39);7-10H,4-6H2,1-3H3,(H,17,18). The lowest BCUT2D eigenvalue weighted by Crippen LogP contribution is -2.34. The van der Waals surface area contributed by atoms with Gasteiger partial charge in [-0.1, -0.05) is 61.9 Å². The number of nitrogens with one attached hydrogen (secondary N) is 1. The second-order valence-corrected chi connectivity index (χ2v) is 17.3. The smallest absolute Gasteiger partial charge is 0.335 e. The van der Waals surface area contributed by atoms with Gasteiger partial charge in [0, 0.05) is 30.6 Å². The van der Waals surface area contributed by atoms with E-state index in [4.69, 9.17) is 26.0 Å². The maximum absolute atomic E-state index is 12.8. The summed E-state index contributed by atoms with van der Waals surface area (Å²) in [5.41, 5.74) is 17.4. The highest BCUT2D eigenvalue weighted by atomic mass is 16.6. The Balaban J connectivity index is 0.000000330. The first-order valence-corrected chi connectivity index (χ1v) is 22.2. The molecule has 2 amide bonds. The van der Waals surface area contributed by atoms with Crippen LogP contribution in [0, 0.1) is 5.92 Å². The molecule has 0 radical (unpaired) electrons. The average Bonchev–Trinajstić information content (AvgIpc) is 3.56. The maximum atomic E-state index is 12.8. The van der Waals surface area contributed by atoms with Crippen molar-refractivity contribution in [1.82, 2.24) is 20.2 Å². The summed E-state index contributed by atoms with van der Waals surface area (Å²) in [7, 11) is 0. The van der Waals surface area contributed by atoms with Crippen LogP contribution in [0.2, 0.25) is 0 Å². The maximum Gasteiger partial charge on any atom is 0.335 e. The van der Waals surface area contributed by atoms with Gasteiger partial charge in [0.1, 0.15) is 17.2 Å². The van der Waals surface area contributed by atoms with Crippen molar-refractivity contribution in [3.05, 3.63) is 112 Å². The molecule has 63 heavy (non-hydrogen) atoms. The van der Waals surface area contributed by atoms with Gasteiger partial charge >= 0.3 is 17.9 Å². The van der Waals surface area contributed by atoms with Gasteiger partial charge in [-0.3, -0.25) is 24.2 Å². The van der Waals surface area contributed by atoms with Crippen molar-refractivity contribution in [1.29, 1.82) is 0 Å². The van der Waals surface area contributed by atoms with Gasteiger partial charge in [0.05, 0.1) is 25.1 Å². The normalized spacial score (nSPS) is 14.1. The minimum absolute atomic E-state index is 0.0120. The highest BCUT2D eigenvalue weighted by molar-refractivity contribution is 6.01. The van der Waals surface area contributed by atoms with E-state index in [0.717, 1.165) is 81.3 Å². The fourth-order valence-corrected chi connectivity index (χ4v) is 7.51. The zero-order valence-corrected chi connectivity index (χ0v) is 37.4. The van der Waals surface area contributed by atoms with E-state index in [0.29, 0.717) is 67.8 Å². The molecule has 0 spiro atoms. The summed E-state index contributed by atoms with van der Waals surface area (Å²) >= 11 is 0. The van der Waals surface area contributed by atoms with E-state index in [1.807, 2.05) is 45.0 Å². The number of carbonyl (C=O) groups is 4. The number of likely N-dealkylation sites (tertiary alicyclic amines) is 1. The monoisotopic (exact) mass is 863 g/mol. The Bertz CT molecular complexity index is 2110. The predicted octanol–water partition coefficient (Wildman–Crippen LogP) is 6.91. The summed E-state index contributed by atoms with van der Waals surface area (Å²) in [6.45, 7) is 12.9. The van der Waals surface area contributed by atoms with Crippen LogP contribution in [0.3, 0.4) is 0 Å². The molecule has 2 aliphatic heterocycles. The van der Waals surface area contributed by atoms with E-state index in [9.17, 15) is 19.2 Å². The molecule has 3 aromatic carbocycles. The lowest BCUT2D eigenvalue weighted by molar-refractivity contribution is -0.154. The van der Waals surface area contributed by atoms with Crippen molar-refractivity contribution in [3.8, 4) is 6.01 Å². The third-order valence-electron chi connectivity index (χ3n) is 11.0. The molecular weight excluding hydrogens is 799 g/mol. The minimum Gasteiger partial charge on any atom is -0.478 e. The highest BCUT2D eigenvalue weighted by Crippen LogP contribution is 2.33. The zero-order valence-electron chi connectivity index (χ0n) is 37.4. The number of unbranched alkanes of at least 4 members (excludes halogenated alkanes) is 1. The number of aryl methyl sites for hydroxylation is 1. The number of hydrogen-bond acceptors (Lipinski definition) is 11. The van der Waals surface area contributed by atoms with Crippen LogP contribution in [-0.2, 0) is 46.7 Å². The quantitative estimate of drug-likeness (QED) is 0.0561. The molecule has 1 aromatic heterocycles. The number of fused-ring (bicyclic) bond motifs is 1. The number of nitrogens with zero attached hydrogens (tertiary/aromatic N) is 4. The molecule has 0 bridgehead atoms. The number of hydrogen-bond donors (Lipinski definition) is 4. The summed E-state index contributed by atoms with van der Waals surface area (Å²) in [5.74, 6) is 0.313. The Morgan fingerprint density at radius 2 is 1.44 bits per heavy atom. The number of amides is 2. The molecule has 2 aliphatic rings. The summed E-state index contributed by atoms with van der Waals surface area (Å²) in [4.78, 5) is 60.5. The second kappa shape index (κ2) is 23.5. The third kappa shape index (κ3) is 15.5. The number of carbonyl (C=O) groups excluding carboxylic acids is 3. The van der Waals surface area contributed by atoms with Crippen LogP contribution >= 0.6 is 0 Å². The number of benzene rings is 3. The van der Waals surface area contributed by atoms with Gasteiger partial charge < -0.3 is 31.4 Å². The molecule has 0 atom stereocenters. The van der Waals surface area contributed by atoms with Gasteiger partial charge in [0.2, 0.25) is 5.91 Å². The van der Waals surface area contributed by atoms with Gasteiger partial charge in [-0.25, -0.2) is 4.79 Å². The number of esters is 1. The van der Waals surface area contributed by atoms with Crippen molar-refractivity contribution in [2.24, 2.45) is 11.7 Å². The molecule has 6 N–H and O–H groups in total. The molecule has 338 valence electrons. The van der Waals surface area contributed by atoms with Crippen LogP contribution in [0.25, 0.3) is 0 Å². The number of nitrogen functional groups attached to an aromatic ring is 1. The summed E-state index contributed by atoms with van der Waals surface area (Å²) in [6, 6.07) is 23.1. The molecule has 0 aliphatic carbocycles. The van der Waals surface area contributed by atoms with E-state index in [1.165, 1.54) is 5.56 Å². The summed E-state index contributed by atoms with van der Waals surface area (Å²) in [5, 5.41) is 11.9. The van der Waals surface area contributed by atoms with Crippen molar-refractivity contribution in [2.75, 3.05) is 43.4 Å². The van der Waals surface area contributed by atoms with E-state index in [1.54, 1.807) is 29.2 Å². The predicted molar refractivity (Wildman–Crippen MR) is 245 cm³/mol. The molecule has 3 heterocycles. The molecule has 4 aromatic rings. The van der Waals surface area contributed by atoms with Crippen LogP contribution in [-0.4, -0.2) is 82.1 Å². The number of nitrogens with two attached hydrogens (primary N) is 2. The Labute approximate surface area is 371 Å². The van der Waals surface area contributed by atoms with Crippen molar-refractivity contribution < 1.29 is 33.8 Å². The fourth-order valence-electron chi connectivity index (χ4n) is 7.51. The van der Waals surface area contributed by atoms with Gasteiger partial charge in [-0.2, -0.15) is 9.97 Å². The molecular formula is C49H65N7O7. The van der Waals surface area contributed by atoms with E-state index in [-0.39, 0.29) is 35.8 Å². The minimum atomic E-state index is -0.930. The van der Waals surface area contributed by atoms with E-state index in [2.05, 4.69) is 51.4 Å². The van der Waals surface area contributed by atoms with E-state index < -0.39 is 11.6 Å². The van der Waals surface area contributed by atoms with Crippen LogP contribution in [0.4, 0.5) is 11.6 Å². The number of rotatable bonds is 19. The second-order valence-electron chi connectivity index (χ2n) is 17.3. The SMILES string of the molecule is CC(C)(C)OC(=O)CCCc1ccc(C(=O)O)cc1.CCCCOc1nc(N)c2c(n1)N(Cc1ccc(CN3CCC(CCNC(=O)c4ccc(CCN)cc4)CC3)cc1)C(=O)C2. The average molecular weight is 864 g/mol. The Morgan fingerprint density at radius 3 is 2.05 bits per heavy atom. The molecule has 1 saturated heterocycles. The third-order valence-corrected chi connectivity index (χ3v) is 11.0. The molecule has 6 rings (SSSR count). The van der Waals surface area contributed by atoms with Crippen molar-refractivity contribution in [2.45, 2.75) is 111 Å². The lowest BCUT2D eigenvalue weighted by Gasteiger charge is -2.32. The highest BCUT2D eigenvalue weighted by Gasteiger charge is 2.32. The van der Waals surface area contributed by atoms with Gasteiger partial charge in [-0.15, -0.1) is 0 Å². The van der Waals surface area contributed by atoms with Crippen LogP contribution in [0.15, 0.2) is 72.8 Å². The van der Waals surface area contributed by atoms with Gasteiger partial charge in [0.25, 0.3) is 5.91 Å². The largest absolute Gasteiger partial charge is 0.478 e. The van der Waals surface area contributed by atoms with Crippen LogP contribution in [0.1, 0.15) is 121 Å². The number of aromatic nitrogens is 2. The first-order valence-electron chi connectivity index (χ1n) is 22.2. The Kier molecular flexibility index (Phi) is 18.0. The number of carboxylic acids is 1. The topological polar surface area (TPSA) is 203 Å². The number of carboxylic acid groups (broad SMARTS) is 1. The molecule has 14 nitrogen and oxygen atoms in total. The van der Waals surface area contributed by atoms with Gasteiger partial charge in [0.15, 0.2) is 0 Å². The van der Waals surface area contributed by atoms with Crippen LogP contribution < -0.4 is 26.4 Å². The molecule has 0 saturated carbocycles. The fraction of sp³-hybridized carbons (Fsp3) is 0.469. The number of anilines is 2. The van der Waals surface area contributed by atoms with Crippen molar-refractivity contribution >= 4 is 35.4 Å². The number of aromatic carboxylic acids is 1. The summed E-state index contributed by atoms with van der Waals surface area (Å²) in [6.07, 6.45) is 8.01. The molecule has 14 heteroatoms. The summed E-state index contributed by atoms with van der Waals surface area (Å²) < 4.78 is 10.9. The Hall–Kier alpha value is -5.86. The number of piperidine rings is 1. The van der Waals surface area contributed by atoms with Crippen molar-refractivity contribution in [3.63, 3.8) is 0 Å². The van der Waals surface area contributed by atoms with Crippen LogP contribution in [0.5, 0.6) is 6.01 Å². The first kappa shape index (κ1) is 48.2. The van der Waals surface area contributed by atoms with E-state index >= 15 is 0 Å². The lowest BCUT2D eigenvalue weighted by atomic mass is 9.93. The molecule has 1 fully saturated rings. The first-order chi connectivity index (χ1) is 30.2. The number of ether oxygens (including phenoxy) is 2.